The van der Waals surface area contributed by atoms with Gasteiger partial charge < -0.3 is 20.3 Å². The highest BCUT2D eigenvalue weighted by molar-refractivity contribution is 5.37. The Morgan fingerprint density at radius 3 is 2.68 bits per heavy atom. The molecule has 0 radical (unpaired) electrons. The summed E-state index contributed by atoms with van der Waals surface area (Å²) in [6.45, 7) is 2.56. The molecule has 2 unspecified atom stereocenters. The van der Waals surface area contributed by atoms with Crippen molar-refractivity contribution in [2.24, 2.45) is 0 Å². The molecular formula is C14H25N3O5. The van der Waals surface area contributed by atoms with Crippen LogP contribution in [-0.4, -0.2) is 45.8 Å². The first-order chi connectivity index (χ1) is 10.5. The maximum absolute atomic E-state index is 11.7. The summed E-state index contributed by atoms with van der Waals surface area (Å²) in [5.41, 5.74) is -0.891. The molecule has 0 saturated heterocycles. The van der Waals surface area contributed by atoms with E-state index in [2.05, 4.69) is 22.0 Å². The molecule has 0 aliphatic carbocycles. The van der Waals surface area contributed by atoms with E-state index in [1.807, 2.05) is 0 Å². The van der Waals surface area contributed by atoms with E-state index < -0.39 is 23.6 Å². The van der Waals surface area contributed by atoms with Crippen molar-refractivity contribution in [3.05, 3.63) is 27.0 Å². The maximum Gasteiger partial charge on any atom is 0.328 e. The van der Waals surface area contributed by atoms with Crippen molar-refractivity contribution in [1.29, 1.82) is 0 Å². The van der Waals surface area contributed by atoms with Crippen molar-refractivity contribution in [2.75, 3.05) is 19.0 Å². The molecule has 1 aromatic heterocycles. The average Bonchev–Trinajstić information content (AvgIpc) is 2.50. The Balaban J connectivity index is 2.73. The maximum atomic E-state index is 11.7. The second kappa shape index (κ2) is 9.39. The molecule has 126 valence electrons. The van der Waals surface area contributed by atoms with Crippen LogP contribution in [0, 0.1) is 0 Å². The van der Waals surface area contributed by atoms with E-state index in [9.17, 15) is 19.8 Å². The number of ether oxygens (including phenoxy) is 1. The number of methoxy groups -OCH3 is 1. The van der Waals surface area contributed by atoms with Crippen molar-refractivity contribution < 1.29 is 14.9 Å². The average molecular weight is 315 g/mol. The van der Waals surface area contributed by atoms with Crippen LogP contribution in [0.2, 0.25) is 0 Å². The lowest BCUT2D eigenvalue weighted by Crippen LogP contribution is -2.38. The molecule has 4 N–H and O–H groups in total. The highest BCUT2D eigenvalue weighted by Gasteiger charge is 2.17. The first-order valence-electron chi connectivity index (χ1n) is 7.46. The van der Waals surface area contributed by atoms with Gasteiger partial charge in [-0.2, -0.15) is 0 Å². The predicted molar refractivity (Wildman–Crippen MR) is 83.0 cm³/mol. The second-order valence-electron chi connectivity index (χ2n) is 5.14. The van der Waals surface area contributed by atoms with E-state index in [1.165, 1.54) is 13.3 Å². The molecule has 0 aliphatic heterocycles. The normalized spacial score (nSPS) is 13.8. The van der Waals surface area contributed by atoms with E-state index in [-0.39, 0.29) is 12.2 Å². The Hall–Kier alpha value is -1.64. The number of hydrogen-bond acceptors (Lipinski definition) is 6. The van der Waals surface area contributed by atoms with Gasteiger partial charge in [0.25, 0.3) is 5.56 Å². The molecular weight excluding hydrogens is 290 g/mol. The highest BCUT2D eigenvalue weighted by Crippen LogP contribution is 2.02. The number of unbranched alkanes of at least 4 members (excludes halogenated alkanes) is 3. The van der Waals surface area contributed by atoms with Gasteiger partial charge >= 0.3 is 5.69 Å². The topological polar surface area (TPSA) is 117 Å². The third-order valence-corrected chi connectivity index (χ3v) is 3.31. The van der Waals surface area contributed by atoms with Gasteiger partial charge in [0.2, 0.25) is 0 Å². The molecule has 1 rings (SSSR count). The van der Waals surface area contributed by atoms with Crippen molar-refractivity contribution in [3.8, 4) is 0 Å². The van der Waals surface area contributed by atoms with Crippen LogP contribution in [-0.2, 0) is 11.3 Å². The molecule has 0 fully saturated rings. The summed E-state index contributed by atoms with van der Waals surface area (Å²) in [5, 5.41) is 22.0. The molecule has 0 bridgehead atoms. The first-order valence-corrected chi connectivity index (χ1v) is 7.46. The summed E-state index contributed by atoms with van der Waals surface area (Å²) in [4.78, 5) is 25.6. The lowest BCUT2D eigenvalue weighted by molar-refractivity contribution is -0.148. The number of aromatic nitrogens is 2. The van der Waals surface area contributed by atoms with Crippen LogP contribution in [0.5, 0.6) is 0 Å². The number of aliphatic hydroxyl groups excluding tert-OH is 2. The lowest BCUT2D eigenvalue weighted by Gasteiger charge is -2.17. The number of anilines is 1. The van der Waals surface area contributed by atoms with Gasteiger partial charge in [0.1, 0.15) is 11.8 Å². The van der Waals surface area contributed by atoms with Gasteiger partial charge in [-0.1, -0.05) is 26.2 Å². The minimum Gasteiger partial charge on any atom is -0.386 e. The van der Waals surface area contributed by atoms with Crippen molar-refractivity contribution in [1.82, 2.24) is 9.55 Å². The smallest absolute Gasteiger partial charge is 0.328 e. The molecule has 0 aliphatic rings. The SMILES string of the molecule is CCCCCCNc1cn(CC(O)C(O)OC)c(=O)[nH]c1=O. The van der Waals surface area contributed by atoms with Gasteiger partial charge in [0, 0.05) is 19.9 Å². The zero-order valence-corrected chi connectivity index (χ0v) is 13.0. The molecule has 2 atom stereocenters. The third kappa shape index (κ3) is 5.63. The minimum absolute atomic E-state index is 0.185. The monoisotopic (exact) mass is 315 g/mol. The summed E-state index contributed by atoms with van der Waals surface area (Å²) in [6.07, 6.45) is 2.93. The number of hydrogen-bond donors (Lipinski definition) is 4. The Morgan fingerprint density at radius 1 is 1.32 bits per heavy atom. The molecule has 0 saturated carbocycles. The van der Waals surface area contributed by atoms with Crippen molar-refractivity contribution >= 4 is 5.69 Å². The van der Waals surface area contributed by atoms with Crippen LogP contribution in [0.25, 0.3) is 0 Å². The number of nitrogens with one attached hydrogen (secondary N) is 2. The largest absolute Gasteiger partial charge is 0.386 e. The molecule has 8 nitrogen and oxygen atoms in total. The van der Waals surface area contributed by atoms with Crippen LogP contribution in [0.4, 0.5) is 5.69 Å². The van der Waals surface area contributed by atoms with Gasteiger partial charge in [-0.3, -0.25) is 14.3 Å². The van der Waals surface area contributed by atoms with E-state index in [0.717, 1.165) is 30.3 Å². The summed E-state index contributed by atoms with van der Waals surface area (Å²) in [5.74, 6) is 0. The summed E-state index contributed by atoms with van der Waals surface area (Å²) >= 11 is 0. The molecule has 1 aromatic rings. The predicted octanol–water partition coefficient (Wildman–Crippen LogP) is -0.145. The Kier molecular flexibility index (Phi) is 7.86. The quantitative estimate of drug-likeness (QED) is 0.352. The summed E-state index contributed by atoms with van der Waals surface area (Å²) in [7, 11) is 1.24. The molecule has 0 spiro atoms. The zero-order valence-electron chi connectivity index (χ0n) is 13.0. The summed E-state index contributed by atoms with van der Waals surface area (Å²) in [6, 6.07) is 0. The fourth-order valence-corrected chi connectivity index (χ4v) is 1.99. The van der Waals surface area contributed by atoms with Crippen LogP contribution < -0.4 is 16.6 Å². The van der Waals surface area contributed by atoms with Gasteiger partial charge in [0.05, 0.1) is 6.54 Å². The minimum atomic E-state index is -1.40. The van der Waals surface area contributed by atoms with E-state index >= 15 is 0 Å². The number of aromatic amines is 1. The number of H-pyrrole nitrogens is 1. The van der Waals surface area contributed by atoms with Gasteiger partial charge in [-0.25, -0.2) is 4.79 Å². The molecule has 8 heteroatoms. The van der Waals surface area contributed by atoms with Crippen molar-refractivity contribution in [2.45, 2.75) is 51.5 Å². The number of rotatable bonds is 10. The van der Waals surface area contributed by atoms with Crippen LogP contribution in [0.3, 0.4) is 0 Å². The third-order valence-electron chi connectivity index (χ3n) is 3.31. The Labute approximate surface area is 128 Å². The first kappa shape index (κ1) is 18.4. The van der Waals surface area contributed by atoms with E-state index in [4.69, 9.17) is 0 Å². The van der Waals surface area contributed by atoms with Gasteiger partial charge in [-0.15, -0.1) is 0 Å². The second-order valence-corrected chi connectivity index (χ2v) is 5.14. The Bertz CT molecular complexity index is 554. The molecule has 0 amide bonds. The molecule has 22 heavy (non-hydrogen) atoms. The summed E-state index contributed by atoms with van der Waals surface area (Å²) < 4.78 is 5.71. The number of nitrogens with zero attached hydrogens (tertiary/aromatic N) is 1. The fourth-order valence-electron chi connectivity index (χ4n) is 1.99. The Morgan fingerprint density at radius 2 is 2.05 bits per heavy atom. The lowest BCUT2D eigenvalue weighted by atomic mass is 10.2. The van der Waals surface area contributed by atoms with Crippen molar-refractivity contribution in [3.63, 3.8) is 0 Å². The van der Waals surface area contributed by atoms with E-state index in [0.29, 0.717) is 6.54 Å². The van der Waals surface area contributed by atoms with Crippen LogP contribution >= 0.6 is 0 Å². The highest BCUT2D eigenvalue weighted by atomic mass is 16.6. The van der Waals surface area contributed by atoms with E-state index in [1.54, 1.807) is 0 Å². The molecule has 0 aromatic carbocycles. The van der Waals surface area contributed by atoms with Gasteiger partial charge in [0.15, 0.2) is 6.29 Å². The van der Waals surface area contributed by atoms with Gasteiger partial charge in [-0.05, 0) is 6.42 Å². The van der Waals surface area contributed by atoms with Crippen LogP contribution in [0.1, 0.15) is 32.6 Å². The molecule has 1 heterocycles. The number of aliphatic hydroxyl groups is 2. The standard InChI is InChI=1S/C14H25N3O5/c1-3-4-5-6-7-15-10-8-17(14(21)16-12(10)19)9-11(18)13(20)22-2/h8,11,13,15,18,20H,3-7,9H2,1-2H3,(H,16,19,21). The fraction of sp³-hybridized carbons (Fsp3) is 0.714. The van der Waals surface area contributed by atoms with Crippen LogP contribution in [0.15, 0.2) is 15.8 Å². The zero-order chi connectivity index (χ0) is 16.5.